The van der Waals surface area contributed by atoms with E-state index >= 15 is 0 Å². The summed E-state index contributed by atoms with van der Waals surface area (Å²) in [7, 11) is -5.19. The molecule has 0 amide bonds. The van der Waals surface area contributed by atoms with Crippen molar-refractivity contribution in [1.29, 1.82) is 0 Å². The van der Waals surface area contributed by atoms with E-state index in [0.29, 0.717) is 12.8 Å². The zero-order valence-corrected chi connectivity index (χ0v) is 32.1. The smallest absolute Gasteiger partial charge is 0.218 e. The van der Waals surface area contributed by atoms with Crippen LogP contribution in [0.25, 0.3) is 0 Å². The van der Waals surface area contributed by atoms with Crippen molar-refractivity contribution in [3.05, 3.63) is 0 Å². The van der Waals surface area contributed by atoms with E-state index in [1.807, 2.05) is 0 Å². The van der Waals surface area contributed by atoms with Gasteiger partial charge < -0.3 is 15.8 Å². The number of carbonyl (C=O) groups is 2. The fourth-order valence-electron chi connectivity index (χ4n) is 6.76. The molecule has 0 aliphatic heterocycles. The van der Waals surface area contributed by atoms with Crippen LogP contribution in [0.1, 0.15) is 213 Å². The molecule has 0 aromatic rings. The van der Waals surface area contributed by atoms with Crippen LogP contribution in [0.4, 0.5) is 0 Å². The molecule has 0 aromatic heterocycles. The molecule has 0 spiro atoms. The predicted molar refractivity (Wildman–Crippen MR) is 196 cm³/mol. The lowest BCUT2D eigenvalue weighted by Gasteiger charge is -2.38. The minimum absolute atomic E-state index is 0. The van der Waals surface area contributed by atoms with E-state index in [1.165, 1.54) is 116 Å². The number of rotatable bonds is 36. The molecule has 1 atom stereocenters. The molecule has 0 heterocycles. The second kappa shape index (κ2) is 32.3. The molecular formula is C38H77NO7S. The minimum Gasteiger partial charge on any atom is -0.726 e. The Morgan fingerprint density at radius 3 is 1.09 bits per heavy atom. The van der Waals surface area contributed by atoms with Crippen molar-refractivity contribution in [2.24, 2.45) is 5.92 Å². The fraction of sp³-hybridized carbons (Fsp3) is 0.947. The van der Waals surface area contributed by atoms with Crippen LogP contribution in [-0.4, -0.2) is 41.9 Å². The van der Waals surface area contributed by atoms with Crippen LogP contribution in [0, 0.1) is 5.92 Å². The summed E-state index contributed by atoms with van der Waals surface area (Å²) in [6, 6.07) is 0. The molecule has 0 aliphatic carbocycles. The summed E-state index contributed by atoms with van der Waals surface area (Å²) in [6.45, 7) is 5.59. The van der Waals surface area contributed by atoms with Gasteiger partial charge in [-0.1, -0.05) is 175 Å². The number of ketones is 2. The van der Waals surface area contributed by atoms with Crippen molar-refractivity contribution in [1.82, 2.24) is 6.15 Å². The van der Waals surface area contributed by atoms with Crippen molar-refractivity contribution in [3.63, 3.8) is 0 Å². The van der Waals surface area contributed by atoms with Crippen LogP contribution >= 0.6 is 0 Å². The molecule has 0 fully saturated rings. The number of hydrogen-bond donors (Lipinski definition) is 2. The van der Waals surface area contributed by atoms with Gasteiger partial charge in [0.15, 0.2) is 0 Å². The molecule has 47 heavy (non-hydrogen) atoms. The number of carbonyl (C=O) groups excluding carboxylic acids is 2. The topological polar surface area (TPSA) is 157 Å². The Kier molecular flexibility index (Phi) is 33.2. The Morgan fingerprint density at radius 1 is 0.574 bits per heavy atom. The second-order valence-electron chi connectivity index (χ2n) is 13.7. The average Bonchev–Trinajstić information content (AvgIpc) is 3.01. The first kappa shape index (κ1) is 48.2. The lowest BCUT2D eigenvalue weighted by Crippen LogP contribution is -2.50. The maximum absolute atomic E-state index is 13.5. The van der Waals surface area contributed by atoms with Crippen LogP contribution < -0.4 is 6.15 Å². The number of hydrogen-bond acceptors (Lipinski definition) is 7. The maximum atomic E-state index is 13.5. The third-order valence-electron chi connectivity index (χ3n) is 9.62. The quantitative estimate of drug-likeness (QED) is 0.0286. The molecule has 5 N–H and O–H groups in total. The van der Waals surface area contributed by atoms with Gasteiger partial charge in [-0.2, -0.15) is 0 Å². The van der Waals surface area contributed by atoms with E-state index < -0.39 is 28.5 Å². The Labute approximate surface area is 290 Å². The molecule has 0 saturated heterocycles. The van der Waals surface area contributed by atoms with Crippen LogP contribution in [0.3, 0.4) is 0 Å². The highest BCUT2D eigenvalue weighted by atomic mass is 32.3. The Morgan fingerprint density at radius 2 is 0.851 bits per heavy atom. The first-order valence-corrected chi connectivity index (χ1v) is 20.8. The molecule has 0 rings (SSSR count). The zero-order chi connectivity index (χ0) is 34.4. The minimum atomic E-state index is -5.19. The summed E-state index contributed by atoms with van der Waals surface area (Å²) < 4.78 is 40.1. The summed E-state index contributed by atoms with van der Waals surface area (Å²) >= 11 is 0. The lowest BCUT2D eigenvalue weighted by molar-refractivity contribution is -0.144. The van der Waals surface area contributed by atoms with E-state index in [9.17, 15) is 27.7 Å². The van der Waals surface area contributed by atoms with Crippen molar-refractivity contribution >= 4 is 22.0 Å². The molecule has 0 saturated carbocycles. The van der Waals surface area contributed by atoms with E-state index in [0.717, 1.165) is 38.5 Å². The summed E-state index contributed by atoms with van der Waals surface area (Å²) in [4.78, 5) is 27.0. The van der Waals surface area contributed by atoms with Gasteiger partial charge >= 0.3 is 0 Å². The van der Waals surface area contributed by atoms with Gasteiger partial charge in [-0.25, -0.2) is 8.42 Å². The maximum Gasteiger partial charge on any atom is 0.218 e. The highest BCUT2D eigenvalue weighted by Crippen LogP contribution is 2.35. The first-order valence-electron chi connectivity index (χ1n) is 19.5. The average molecular weight is 692 g/mol. The van der Waals surface area contributed by atoms with Crippen LogP contribution in [0.5, 0.6) is 0 Å². The SMILES string of the molecule is CCCCCCCCCCCCCCCC(=O)C(C(=O)CCCCCCCCCCCCCCC)C(CC)(CCO)OS(=O)(=O)[O-].[NH4+]. The molecule has 9 heteroatoms. The summed E-state index contributed by atoms with van der Waals surface area (Å²) in [6.07, 6.45) is 30.5. The largest absolute Gasteiger partial charge is 0.726 e. The van der Waals surface area contributed by atoms with Crippen molar-refractivity contribution < 1.29 is 31.8 Å². The Balaban J connectivity index is 0. The van der Waals surface area contributed by atoms with E-state index in [1.54, 1.807) is 6.92 Å². The molecule has 0 radical (unpaired) electrons. The van der Waals surface area contributed by atoms with Crippen LogP contribution in [-0.2, 0) is 24.2 Å². The van der Waals surface area contributed by atoms with Gasteiger partial charge in [0.25, 0.3) is 0 Å². The molecule has 1 unspecified atom stereocenters. The standard InChI is InChI=1S/C38H74O7S.H3N/c1-4-7-9-11-13-15-17-19-21-23-25-27-29-31-35(40)37(38(6-3,33-34-39)45-46(42,43)44)36(41)32-30-28-26-24-22-20-18-16-14-12-10-8-5-2;/h37,39H,4-34H2,1-3H3,(H,42,43,44);1H3. The van der Waals surface area contributed by atoms with Gasteiger partial charge in [0, 0.05) is 25.9 Å². The number of quaternary nitrogens is 1. The van der Waals surface area contributed by atoms with Crippen molar-refractivity contribution in [2.75, 3.05) is 6.61 Å². The number of aliphatic hydroxyl groups excluding tert-OH is 1. The van der Waals surface area contributed by atoms with E-state index in [-0.39, 0.29) is 43.4 Å². The fourth-order valence-corrected chi connectivity index (χ4v) is 7.46. The van der Waals surface area contributed by atoms with Gasteiger partial charge in [-0.3, -0.25) is 13.8 Å². The van der Waals surface area contributed by atoms with Crippen LogP contribution in [0.2, 0.25) is 0 Å². The first-order chi connectivity index (χ1) is 22.2. The molecule has 0 bridgehead atoms. The predicted octanol–water partition coefficient (Wildman–Crippen LogP) is 11.1. The van der Waals surface area contributed by atoms with Crippen molar-refractivity contribution in [2.45, 2.75) is 219 Å². The number of aliphatic hydroxyl groups is 1. The number of Topliss-reactive ketones (excluding diaryl/α,β-unsaturated/α-hetero) is 2. The van der Waals surface area contributed by atoms with Gasteiger partial charge in [-0.15, -0.1) is 0 Å². The molecule has 282 valence electrons. The summed E-state index contributed by atoms with van der Waals surface area (Å²) in [5.74, 6) is -2.11. The second-order valence-corrected chi connectivity index (χ2v) is 14.7. The van der Waals surface area contributed by atoms with E-state index in [2.05, 4.69) is 13.8 Å². The van der Waals surface area contributed by atoms with Gasteiger partial charge in [0.1, 0.15) is 23.1 Å². The third-order valence-corrected chi connectivity index (χ3v) is 10.2. The van der Waals surface area contributed by atoms with Crippen molar-refractivity contribution in [3.8, 4) is 0 Å². The molecule has 0 aromatic carbocycles. The molecule has 0 aliphatic rings. The highest BCUT2D eigenvalue weighted by molar-refractivity contribution is 7.80. The monoisotopic (exact) mass is 692 g/mol. The Bertz CT molecular complexity index is 794. The highest BCUT2D eigenvalue weighted by Gasteiger charge is 2.47. The Hall–Kier alpha value is -0.870. The lowest BCUT2D eigenvalue weighted by atomic mass is 9.75. The van der Waals surface area contributed by atoms with Gasteiger partial charge in [-0.05, 0) is 19.3 Å². The summed E-state index contributed by atoms with van der Waals surface area (Å²) in [5, 5.41) is 9.74. The van der Waals surface area contributed by atoms with Gasteiger partial charge in [0.05, 0.1) is 0 Å². The number of unbranched alkanes of at least 4 members (excludes halogenated alkanes) is 24. The molecular weight excluding hydrogens is 614 g/mol. The molecule has 8 nitrogen and oxygen atoms in total. The zero-order valence-electron chi connectivity index (χ0n) is 31.3. The normalized spacial score (nSPS) is 13.1. The van der Waals surface area contributed by atoms with Gasteiger partial charge in [0.2, 0.25) is 10.4 Å². The van der Waals surface area contributed by atoms with Crippen LogP contribution in [0.15, 0.2) is 0 Å². The third kappa shape index (κ3) is 26.6. The van der Waals surface area contributed by atoms with E-state index in [4.69, 9.17) is 4.18 Å². The summed E-state index contributed by atoms with van der Waals surface area (Å²) in [5.41, 5.74) is -1.84.